The number of rotatable bonds is 5. The monoisotopic (exact) mass is 446 g/mol. The van der Waals surface area contributed by atoms with E-state index >= 15 is 0 Å². The summed E-state index contributed by atoms with van der Waals surface area (Å²) in [6, 6.07) is 6.56. The fourth-order valence-electron chi connectivity index (χ4n) is 2.39. The van der Waals surface area contributed by atoms with Crippen LogP contribution in [0.5, 0.6) is 0 Å². The number of nitrogens with zero attached hydrogens (tertiary/aromatic N) is 1. The van der Waals surface area contributed by atoms with Gasteiger partial charge in [-0.2, -0.15) is 0 Å². The molecule has 0 fully saturated rings. The van der Waals surface area contributed by atoms with Crippen LogP contribution in [0.3, 0.4) is 0 Å². The summed E-state index contributed by atoms with van der Waals surface area (Å²) in [6.45, 7) is 11.1. The van der Waals surface area contributed by atoms with Gasteiger partial charge >= 0.3 is 0 Å². The quantitative estimate of drug-likeness (QED) is 0.370. The average molecular weight is 446 g/mol. The van der Waals surface area contributed by atoms with Gasteiger partial charge in [-0.3, -0.25) is 9.79 Å². The van der Waals surface area contributed by atoms with Gasteiger partial charge in [-0.05, 0) is 46.6 Å². The number of hydrogen-bond donors (Lipinski definition) is 3. The highest BCUT2D eigenvalue weighted by Crippen LogP contribution is 2.08. The van der Waals surface area contributed by atoms with Crippen LogP contribution in [0.2, 0.25) is 0 Å². The van der Waals surface area contributed by atoms with Crippen molar-refractivity contribution >= 4 is 35.8 Å². The predicted molar refractivity (Wildman–Crippen MR) is 112 cm³/mol. The van der Waals surface area contributed by atoms with E-state index in [1.54, 1.807) is 7.05 Å². The van der Waals surface area contributed by atoms with Gasteiger partial charge < -0.3 is 16.0 Å². The summed E-state index contributed by atoms with van der Waals surface area (Å²) in [5.41, 5.74) is 3.64. The van der Waals surface area contributed by atoms with Crippen molar-refractivity contribution in [1.29, 1.82) is 0 Å². The Morgan fingerprint density at radius 2 is 1.67 bits per heavy atom. The number of benzene rings is 1. The van der Waals surface area contributed by atoms with Gasteiger partial charge in [0.25, 0.3) is 0 Å². The molecule has 0 aromatic heterocycles. The lowest BCUT2D eigenvalue weighted by atomic mass is 10.1. The molecule has 0 spiro atoms. The van der Waals surface area contributed by atoms with Crippen molar-refractivity contribution in [1.82, 2.24) is 16.0 Å². The first-order valence-corrected chi connectivity index (χ1v) is 8.02. The zero-order valence-electron chi connectivity index (χ0n) is 15.6. The molecule has 6 heteroatoms. The van der Waals surface area contributed by atoms with Crippen LogP contribution in [0.1, 0.15) is 37.5 Å². The highest BCUT2D eigenvalue weighted by atomic mass is 127. The van der Waals surface area contributed by atoms with Gasteiger partial charge in [-0.25, -0.2) is 0 Å². The van der Waals surface area contributed by atoms with E-state index in [1.165, 1.54) is 16.7 Å². The Morgan fingerprint density at radius 3 is 2.17 bits per heavy atom. The number of aliphatic imine (C=N–C) groups is 1. The SMILES string of the molecule is CN=C(NCCc1cc(C)cc(C)c1)NCC(=O)NC(C)(C)C.I. The molecule has 0 aliphatic heterocycles. The number of guanidine groups is 1. The maximum absolute atomic E-state index is 11.8. The summed E-state index contributed by atoms with van der Waals surface area (Å²) in [5.74, 6) is 0.591. The van der Waals surface area contributed by atoms with Crippen LogP contribution in [-0.2, 0) is 11.2 Å². The van der Waals surface area contributed by atoms with E-state index < -0.39 is 0 Å². The molecule has 24 heavy (non-hydrogen) atoms. The average Bonchev–Trinajstić information content (AvgIpc) is 2.39. The molecule has 3 N–H and O–H groups in total. The van der Waals surface area contributed by atoms with E-state index in [0.29, 0.717) is 5.96 Å². The van der Waals surface area contributed by atoms with Crippen LogP contribution in [0.4, 0.5) is 0 Å². The zero-order valence-corrected chi connectivity index (χ0v) is 17.9. The fraction of sp³-hybridized carbons (Fsp3) is 0.556. The molecule has 0 heterocycles. The van der Waals surface area contributed by atoms with Crippen LogP contribution in [0.25, 0.3) is 0 Å². The summed E-state index contributed by atoms with van der Waals surface area (Å²) in [5, 5.41) is 9.17. The Bertz CT molecular complexity index is 544. The standard InChI is InChI=1S/C18H30N4O.HI/c1-13-9-14(2)11-15(10-13)7-8-20-17(19-6)21-12-16(23)22-18(3,4)5;/h9-11H,7-8,12H2,1-6H3,(H,22,23)(H2,19,20,21);1H. The van der Waals surface area contributed by atoms with Crippen molar-refractivity contribution in [2.75, 3.05) is 20.1 Å². The molecule has 0 atom stereocenters. The van der Waals surface area contributed by atoms with Crippen LogP contribution in [0.15, 0.2) is 23.2 Å². The van der Waals surface area contributed by atoms with Gasteiger partial charge in [0.05, 0.1) is 6.54 Å². The van der Waals surface area contributed by atoms with E-state index in [4.69, 9.17) is 0 Å². The normalized spacial score (nSPS) is 11.5. The maximum Gasteiger partial charge on any atom is 0.239 e. The summed E-state index contributed by atoms with van der Waals surface area (Å²) < 4.78 is 0. The lowest BCUT2D eigenvalue weighted by Crippen LogP contribution is -2.48. The number of carbonyl (C=O) groups is 1. The second-order valence-electron chi connectivity index (χ2n) is 6.90. The van der Waals surface area contributed by atoms with Gasteiger partial charge in [0.2, 0.25) is 5.91 Å². The first kappa shape index (κ1) is 22.7. The van der Waals surface area contributed by atoms with Gasteiger partial charge in [0, 0.05) is 19.1 Å². The van der Waals surface area contributed by atoms with Crippen molar-refractivity contribution in [2.45, 2.75) is 46.6 Å². The predicted octanol–water partition coefficient (Wildman–Crippen LogP) is 2.54. The summed E-state index contributed by atoms with van der Waals surface area (Å²) >= 11 is 0. The highest BCUT2D eigenvalue weighted by Gasteiger charge is 2.13. The maximum atomic E-state index is 11.8. The minimum absolute atomic E-state index is 0. The molecule has 0 aliphatic rings. The number of amides is 1. The molecule has 0 saturated carbocycles. The molecule has 136 valence electrons. The third kappa shape index (κ3) is 9.75. The Balaban J connectivity index is 0.00000529. The molecule has 0 bridgehead atoms. The van der Waals surface area contributed by atoms with Crippen LogP contribution in [-0.4, -0.2) is 37.5 Å². The van der Waals surface area contributed by atoms with E-state index in [0.717, 1.165) is 13.0 Å². The van der Waals surface area contributed by atoms with Crippen molar-refractivity contribution in [3.63, 3.8) is 0 Å². The molecule has 1 amide bonds. The summed E-state index contributed by atoms with van der Waals surface area (Å²) in [7, 11) is 1.70. The third-order valence-electron chi connectivity index (χ3n) is 3.14. The molecule has 1 aromatic carbocycles. The van der Waals surface area contributed by atoms with Crippen molar-refractivity contribution in [3.05, 3.63) is 34.9 Å². The second-order valence-corrected chi connectivity index (χ2v) is 6.90. The molecule has 0 aliphatic carbocycles. The van der Waals surface area contributed by atoms with Gasteiger partial charge in [-0.1, -0.05) is 29.3 Å². The number of carbonyl (C=O) groups excluding carboxylic acids is 1. The third-order valence-corrected chi connectivity index (χ3v) is 3.14. The van der Waals surface area contributed by atoms with E-state index in [1.807, 2.05) is 20.8 Å². The van der Waals surface area contributed by atoms with Gasteiger partial charge in [0.15, 0.2) is 5.96 Å². The minimum atomic E-state index is -0.223. The lowest BCUT2D eigenvalue weighted by molar-refractivity contribution is -0.121. The largest absolute Gasteiger partial charge is 0.356 e. The number of halogens is 1. The molecule has 0 saturated heterocycles. The van der Waals surface area contributed by atoms with Crippen molar-refractivity contribution in [2.24, 2.45) is 4.99 Å². The van der Waals surface area contributed by atoms with Crippen LogP contribution < -0.4 is 16.0 Å². The summed E-state index contributed by atoms with van der Waals surface area (Å²) in [6.07, 6.45) is 0.914. The van der Waals surface area contributed by atoms with Crippen molar-refractivity contribution in [3.8, 4) is 0 Å². The summed E-state index contributed by atoms with van der Waals surface area (Å²) in [4.78, 5) is 15.9. The zero-order chi connectivity index (χ0) is 17.5. The Kier molecular flexibility index (Phi) is 9.96. The van der Waals surface area contributed by atoms with E-state index in [2.05, 4.69) is 53.0 Å². The second kappa shape index (κ2) is 10.5. The minimum Gasteiger partial charge on any atom is -0.356 e. The topological polar surface area (TPSA) is 65.5 Å². The van der Waals surface area contributed by atoms with E-state index in [-0.39, 0.29) is 42.0 Å². The molecule has 5 nitrogen and oxygen atoms in total. The molecular formula is C18H31IN4O. The Hall–Kier alpha value is -1.31. The Labute approximate surface area is 163 Å². The lowest BCUT2D eigenvalue weighted by Gasteiger charge is -2.21. The smallest absolute Gasteiger partial charge is 0.239 e. The number of aryl methyl sites for hydroxylation is 2. The van der Waals surface area contributed by atoms with Gasteiger partial charge in [-0.15, -0.1) is 24.0 Å². The molecular weight excluding hydrogens is 415 g/mol. The first-order chi connectivity index (χ1) is 10.7. The van der Waals surface area contributed by atoms with Crippen LogP contribution >= 0.6 is 24.0 Å². The van der Waals surface area contributed by atoms with Gasteiger partial charge in [0.1, 0.15) is 0 Å². The number of nitrogens with one attached hydrogen (secondary N) is 3. The van der Waals surface area contributed by atoms with Crippen molar-refractivity contribution < 1.29 is 4.79 Å². The fourth-order valence-corrected chi connectivity index (χ4v) is 2.39. The first-order valence-electron chi connectivity index (χ1n) is 8.02. The highest BCUT2D eigenvalue weighted by molar-refractivity contribution is 14.0. The molecule has 1 aromatic rings. The van der Waals surface area contributed by atoms with Crippen LogP contribution in [0, 0.1) is 13.8 Å². The Morgan fingerprint density at radius 1 is 1.08 bits per heavy atom. The number of hydrogen-bond acceptors (Lipinski definition) is 2. The molecule has 0 unspecified atom stereocenters. The van der Waals surface area contributed by atoms with E-state index in [9.17, 15) is 4.79 Å². The molecule has 0 radical (unpaired) electrons. The molecule has 1 rings (SSSR count).